The Morgan fingerprint density at radius 2 is 1.57 bits per heavy atom. The number of carbonyl (C=O) groups is 2. The van der Waals surface area contributed by atoms with Crippen LogP contribution in [0.5, 0.6) is 0 Å². The fourth-order valence-electron chi connectivity index (χ4n) is 2.11. The lowest BCUT2D eigenvalue weighted by Crippen LogP contribution is -2.53. The Morgan fingerprint density at radius 1 is 1.04 bits per heavy atom. The number of carbonyl (C=O) groups excluding carboxylic acids is 2. The van der Waals surface area contributed by atoms with E-state index in [0.717, 1.165) is 0 Å². The molecule has 0 spiro atoms. The molecule has 0 aliphatic heterocycles. The summed E-state index contributed by atoms with van der Waals surface area (Å²) in [6.07, 6.45) is 3.51. The topological polar surface area (TPSA) is 84.5 Å². The number of hydrogen-bond donors (Lipinski definition) is 2. The second kappa shape index (κ2) is 6.73. The van der Waals surface area contributed by atoms with Gasteiger partial charge >= 0.3 is 0 Å². The number of aryl methyl sites for hydroxylation is 2. The predicted octanol–water partition coefficient (Wildman–Crippen LogP) is 2.82. The lowest BCUT2D eigenvalue weighted by Gasteiger charge is -2.29. The largest absolute Gasteiger partial charge is 0.469 e. The number of amides is 2. The zero-order valence-corrected chi connectivity index (χ0v) is 13.9. The average molecular weight is 318 g/mol. The molecule has 0 unspecified atom stereocenters. The van der Waals surface area contributed by atoms with Gasteiger partial charge in [0.05, 0.1) is 16.7 Å². The Morgan fingerprint density at radius 3 is 2.00 bits per heavy atom. The number of rotatable bonds is 6. The van der Waals surface area contributed by atoms with Crippen molar-refractivity contribution in [2.75, 3.05) is 6.54 Å². The van der Waals surface area contributed by atoms with Crippen molar-refractivity contribution in [3.05, 3.63) is 47.3 Å². The summed E-state index contributed by atoms with van der Waals surface area (Å²) in [6.45, 7) is 7.71. The highest BCUT2D eigenvalue weighted by molar-refractivity contribution is 5.95. The van der Waals surface area contributed by atoms with Gasteiger partial charge in [0.25, 0.3) is 11.8 Å². The Hall–Kier alpha value is -2.50. The van der Waals surface area contributed by atoms with Crippen LogP contribution >= 0.6 is 0 Å². The van der Waals surface area contributed by atoms with E-state index in [0.29, 0.717) is 35.6 Å². The third-order valence-corrected chi connectivity index (χ3v) is 3.82. The Bertz CT molecular complexity index is 701. The molecule has 6 heteroatoms. The monoisotopic (exact) mass is 318 g/mol. The van der Waals surface area contributed by atoms with Crippen LogP contribution in [0, 0.1) is 13.8 Å². The molecule has 2 amide bonds. The maximum atomic E-state index is 12.3. The van der Waals surface area contributed by atoms with E-state index in [9.17, 15) is 9.59 Å². The molecule has 23 heavy (non-hydrogen) atoms. The van der Waals surface area contributed by atoms with E-state index in [4.69, 9.17) is 8.83 Å². The summed E-state index contributed by atoms with van der Waals surface area (Å²) in [4.78, 5) is 24.3. The molecule has 0 aliphatic rings. The first-order chi connectivity index (χ1) is 10.8. The number of nitrogens with one attached hydrogen (secondary N) is 2. The van der Waals surface area contributed by atoms with Gasteiger partial charge < -0.3 is 19.5 Å². The summed E-state index contributed by atoms with van der Waals surface area (Å²) in [5.41, 5.74) is 0.383. The lowest BCUT2D eigenvalue weighted by atomic mass is 9.98. The summed E-state index contributed by atoms with van der Waals surface area (Å²) in [5, 5.41) is 5.78. The SMILES string of the molecule is CC[C@@](C)(CNC(=O)c1coc(C)c1)NC(=O)c1coc(C)c1. The molecule has 0 aromatic carbocycles. The fraction of sp³-hybridized carbons (Fsp3) is 0.412. The Balaban J connectivity index is 1.97. The van der Waals surface area contributed by atoms with Crippen molar-refractivity contribution in [1.29, 1.82) is 0 Å². The molecule has 0 saturated carbocycles. The van der Waals surface area contributed by atoms with E-state index in [2.05, 4.69) is 10.6 Å². The fourth-order valence-corrected chi connectivity index (χ4v) is 2.11. The molecule has 2 aromatic heterocycles. The van der Waals surface area contributed by atoms with E-state index >= 15 is 0 Å². The summed E-state index contributed by atoms with van der Waals surface area (Å²) in [5.74, 6) is 0.906. The molecule has 2 rings (SSSR count). The highest BCUT2D eigenvalue weighted by atomic mass is 16.3. The smallest absolute Gasteiger partial charge is 0.255 e. The molecule has 2 aromatic rings. The summed E-state index contributed by atoms with van der Waals surface area (Å²) in [7, 11) is 0. The van der Waals surface area contributed by atoms with Crippen molar-refractivity contribution < 1.29 is 18.4 Å². The molecule has 124 valence electrons. The van der Waals surface area contributed by atoms with Gasteiger partial charge in [-0.2, -0.15) is 0 Å². The molecule has 2 heterocycles. The quantitative estimate of drug-likeness (QED) is 0.857. The Kier molecular flexibility index (Phi) is 4.93. The van der Waals surface area contributed by atoms with Gasteiger partial charge in [0, 0.05) is 6.54 Å². The zero-order chi connectivity index (χ0) is 17.0. The maximum Gasteiger partial charge on any atom is 0.255 e. The zero-order valence-electron chi connectivity index (χ0n) is 13.9. The number of hydrogen-bond acceptors (Lipinski definition) is 4. The van der Waals surface area contributed by atoms with Crippen LogP contribution in [-0.2, 0) is 0 Å². The van der Waals surface area contributed by atoms with Crippen molar-refractivity contribution in [2.24, 2.45) is 0 Å². The van der Waals surface area contributed by atoms with Crippen LogP contribution in [0.15, 0.2) is 33.5 Å². The van der Waals surface area contributed by atoms with Gasteiger partial charge in [-0.3, -0.25) is 9.59 Å². The average Bonchev–Trinajstić information content (AvgIpc) is 3.13. The van der Waals surface area contributed by atoms with E-state index in [-0.39, 0.29) is 11.8 Å². The van der Waals surface area contributed by atoms with Crippen LogP contribution in [0.3, 0.4) is 0 Å². The lowest BCUT2D eigenvalue weighted by molar-refractivity contribution is 0.0870. The van der Waals surface area contributed by atoms with Gasteiger partial charge in [0.15, 0.2) is 0 Å². The summed E-state index contributed by atoms with van der Waals surface area (Å²) < 4.78 is 10.3. The third-order valence-electron chi connectivity index (χ3n) is 3.82. The van der Waals surface area contributed by atoms with Gasteiger partial charge in [-0.15, -0.1) is 0 Å². The van der Waals surface area contributed by atoms with E-state index in [1.807, 2.05) is 13.8 Å². The minimum atomic E-state index is -0.559. The van der Waals surface area contributed by atoms with Crippen LogP contribution in [0.4, 0.5) is 0 Å². The molecule has 0 aliphatic carbocycles. The van der Waals surface area contributed by atoms with Crippen LogP contribution in [0.25, 0.3) is 0 Å². The molecule has 0 radical (unpaired) electrons. The number of furan rings is 2. The predicted molar refractivity (Wildman–Crippen MR) is 85.4 cm³/mol. The van der Waals surface area contributed by atoms with Crippen LogP contribution < -0.4 is 10.6 Å². The molecule has 6 nitrogen and oxygen atoms in total. The normalized spacial score (nSPS) is 13.4. The van der Waals surface area contributed by atoms with Crippen molar-refractivity contribution in [2.45, 2.75) is 39.7 Å². The molecule has 0 bridgehead atoms. The molecule has 0 fully saturated rings. The van der Waals surface area contributed by atoms with Crippen LogP contribution in [0.1, 0.15) is 52.5 Å². The second-order valence-corrected chi connectivity index (χ2v) is 5.94. The van der Waals surface area contributed by atoms with Crippen molar-refractivity contribution in [3.8, 4) is 0 Å². The van der Waals surface area contributed by atoms with Gasteiger partial charge in [-0.1, -0.05) is 6.92 Å². The van der Waals surface area contributed by atoms with Gasteiger partial charge in [0.2, 0.25) is 0 Å². The summed E-state index contributed by atoms with van der Waals surface area (Å²) in [6, 6.07) is 3.35. The first-order valence-corrected chi connectivity index (χ1v) is 7.54. The van der Waals surface area contributed by atoms with Gasteiger partial charge in [0.1, 0.15) is 24.0 Å². The van der Waals surface area contributed by atoms with E-state index in [1.165, 1.54) is 12.5 Å². The molecular formula is C17H22N2O4. The van der Waals surface area contributed by atoms with Crippen LogP contribution in [0.2, 0.25) is 0 Å². The second-order valence-electron chi connectivity index (χ2n) is 5.94. The van der Waals surface area contributed by atoms with E-state index < -0.39 is 5.54 Å². The minimum absolute atomic E-state index is 0.223. The first-order valence-electron chi connectivity index (χ1n) is 7.54. The standard InChI is InChI=1S/C17H22N2O4/c1-5-17(4,19-16(21)14-7-12(3)23-9-14)10-18-15(20)13-6-11(2)22-8-13/h6-9H,5,10H2,1-4H3,(H,18,20)(H,19,21)/t17-/m0/s1. The third kappa shape index (κ3) is 4.25. The molecule has 1 atom stereocenters. The molecule has 0 saturated heterocycles. The van der Waals surface area contributed by atoms with Crippen molar-refractivity contribution in [3.63, 3.8) is 0 Å². The molecular weight excluding hydrogens is 296 g/mol. The molecule has 2 N–H and O–H groups in total. The van der Waals surface area contributed by atoms with E-state index in [1.54, 1.807) is 26.0 Å². The highest BCUT2D eigenvalue weighted by Gasteiger charge is 2.26. The Labute approximate surface area is 135 Å². The van der Waals surface area contributed by atoms with Crippen LogP contribution in [-0.4, -0.2) is 23.9 Å². The maximum absolute atomic E-state index is 12.3. The highest BCUT2D eigenvalue weighted by Crippen LogP contribution is 2.13. The van der Waals surface area contributed by atoms with Gasteiger partial charge in [-0.25, -0.2) is 0 Å². The van der Waals surface area contributed by atoms with Gasteiger partial charge in [-0.05, 0) is 39.3 Å². The van der Waals surface area contributed by atoms with Crippen molar-refractivity contribution in [1.82, 2.24) is 10.6 Å². The van der Waals surface area contributed by atoms with Crippen molar-refractivity contribution >= 4 is 11.8 Å². The first kappa shape index (κ1) is 16.9. The summed E-state index contributed by atoms with van der Waals surface area (Å²) >= 11 is 0. The minimum Gasteiger partial charge on any atom is -0.469 e.